The largest absolute Gasteiger partial charge is 0.461 e. The zero-order chi connectivity index (χ0) is 10.9. The van der Waals surface area contributed by atoms with Gasteiger partial charge in [-0.3, -0.25) is 0 Å². The highest BCUT2D eigenvalue weighted by molar-refractivity contribution is 5.05. The Morgan fingerprint density at radius 2 is 1.47 bits per heavy atom. The van der Waals surface area contributed by atoms with Crippen LogP contribution in [-0.2, 0) is 22.7 Å². The van der Waals surface area contributed by atoms with Crippen molar-refractivity contribution in [3.63, 3.8) is 0 Å². The van der Waals surface area contributed by atoms with Gasteiger partial charge in [-0.25, -0.2) is 0 Å². The van der Waals surface area contributed by atoms with E-state index < -0.39 is 0 Å². The molecule has 3 nitrogen and oxygen atoms in total. The second-order valence-electron chi connectivity index (χ2n) is 2.98. The molecule has 0 N–H and O–H groups in total. The predicted molar refractivity (Wildman–Crippen MR) is 58.4 cm³/mol. The molecular formula is C12H16O3. The summed E-state index contributed by atoms with van der Waals surface area (Å²) in [5.41, 5.74) is 0. The van der Waals surface area contributed by atoms with Crippen LogP contribution in [0.25, 0.3) is 0 Å². The smallest absolute Gasteiger partial charge is 0.130 e. The Morgan fingerprint density at radius 3 is 1.87 bits per heavy atom. The zero-order valence-corrected chi connectivity index (χ0v) is 8.78. The van der Waals surface area contributed by atoms with Crippen LogP contribution in [0.1, 0.15) is 11.5 Å². The molecule has 0 saturated heterocycles. The van der Waals surface area contributed by atoms with Gasteiger partial charge in [0, 0.05) is 0 Å². The molecule has 1 aromatic heterocycles. The third-order valence-electron chi connectivity index (χ3n) is 1.68. The molecule has 0 saturated carbocycles. The van der Waals surface area contributed by atoms with Crippen LogP contribution in [0, 0.1) is 0 Å². The molecule has 0 radical (unpaired) electrons. The number of furan rings is 1. The van der Waals surface area contributed by atoms with E-state index in [4.69, 9.17) is 13.9 Å². The Morgan fingerprint density at radius 1 is 1.00 bits per heavy atom. The van der Waals surface area contributed by atoms with E-state index in [2.05, 4.69) is 13.2 Å². The molecule has 82 valence electrons. The molecule has 15 heavy (non-hydrogen) atoms. The van der Waals surface area contributed by atoms with Crippen LogP contribution < -0.4 is 0 Å². The van der Waals surface area contributed by atoms with Gasteiger partial charge in [0.05, 0.1) is 13.2 Å². The average Bonchev–Trinajstić information content (AvgIpc) is 2.67. The average molecular weight is 208 g/mol. The molecule has 1 heterocycles. The van der Waals surface area contributed by atoms with Crippen LogP contribution in [-0.4, -0.2) is 13.2 Å². The lowest BCUT2D eigenvalue weighted by Gasteiger charge is -1.98. The van der Waals surface area contributed by atoms with E-state index in [1.54, 1.807) is 12.2 Å². The lowest BCUT2D eigenvalue weighted by atomic mass is 10.4. The summed E-state index contributed by atoms with van der Waals surface area (Å²) < 4.78 is 15.9. The van der Waals surface area contributed by atoms with Crippen molar-refractivity contribution in [2.75, 3.05) is 13.2 Å². The van der Waals surface area contributed by atoms with E-state index in [-0.39, 0.29) is 0 Å². The highest BCUT2D eigenvalue weighted by Crippen LogP contribution is 2.10. The molecule has 0 aliphatic carbocycles. The number of hydrogen-bond acceptors (Lipinski definition) is 3. The van der Waals surface area contributed by atoms with Crippen molar-refractivity contribution in [3.8, 4) is 0 Å². The summed E-state index contributed by atoms with van der Waals surface area (Å²) in [5.74, 6) is 1.60. The number of rotatable bonds is 8. The summed E-state index contributed by atoms with van der Waals surface area (Å²) in [4.78, 5) is 0. The maximum atomic E-state index is 5.46. The van der Waals surface area contributed by atoms with Crippen molar-refractivity contribution in [2.24, 2.45) is 0 Å². The van der Waals surface area contributed by atoms with Gasteiger partial charge in [0.25, 0.3) is 0 Å². The van der Waals surface area contributed by atoms with Crippen molar-refractivity contribution in [1.82, 2.24) is 0 Å². The lowest BCUT2D eigenvalue weighted by Crippen LogP contribution is -1.91. The van der Waals surface area contributed by atoms with Gasteiger partial charge in [0.2, 0.25) is 0 Å². The molecule has 0 aliphatic rings. The normalized spacial score (nSPS) is 10.1. The van der Waals surface area contributed by atoms with Gasteiger partial charge >= 0.3 is 0 Å². The second-order valence-corrected chi connectivity index (χ2v) is 2.98. The van der Waals surface area contributed by atoms with E-state index in [1.807, 2.05) is 12.1 Å². The minimum atomic E-state index is 0.466. The van der Waals surface area contributed by atoms with Gasteiger partial charge in [-0.1, -0.05) is 12.2 Å². The van der Waals surface area contributed by atoms with E-state index in [0.29, 0.717) is 26.4 Å². The van der Waals surface area contributed by atoms with Gasteiger partial charge in [-0.2, -0.15) is 0 Å². The standard InChI is InChI=1S/C12H16O3/c1-3-7-13-9-11-5-6-12(15-11)10-14-8-4-2/h3-6H,1-2,7-10H2. The molecule has 1 rings (SSSR count). The second kappa shape index (κ2) is 7.04. The van der Waals surface area contributed by atoms with Crippen molar-refractivity contribution in [3.05, 3.63) is 49.0 Å². The van der Waals surface area contributed by atoms with Gasteiger partial charge in [-0.05, 0) is 12.1 Å². The number of ether oxygens (including phenoxy) is 2. The fraction of sp³-hybridized carbons (Fsp3) is 0.333. The monoisotopic (exact) mass is 208 g/mol. The molecule has 0 bridgehead atoms. The molecule has 0 fully saturated rings. The first-order valence-corrected chi connectivity index (χ1v) is 4.81. The minimum absolute atomic E-state index is 0.466. The summed E-state index contributed by atoms with van der Waals surface area (Å²) in [5, 5.41) is 0. The number of hydrogen-bond donors (Lipinski definition) is 0. The zero-order valence-electron chi connectivity index (χ0n) is 8.78. The van der Waals surface area contributed by atoms with Crippen LogP contribution in [0.15, 0.2) is 41.9 Å². The molecule has 0 unspecified atom stereocenters. The topological polar surface area (TPSA) is 31.6 Å². The molecule has 0 amide bonds. The Labute approximate surface area is 90.0 Å². The molecule has 0 aliphatic heterocycles. The van der Waals surface area contributed by atoms with Crippen LogP contribution in [0.3, 0.4) is 0 Å². The molecule has 1 aromatic rings. The Kier molecular flexibility index (Phi) is 5.51. The maximum Gasteiger partial charge on any atom is 0.130 e. The maximum absolute atomic E-state index is 5.46. The fourth-order valence-electron chi connectivity index (χ4n) is 1.06. The molecular weight excluding hydrogens is 192 g/mol. The molecule has 0 aromatic carbocycles. The summed E-state index contributed by atoms with van der Waals surface area (Å²) in [6.45, 7) is 9.12. The lowest BCUT2D eigenvalue weighted by molar-refractivity contribution is 0.113. The highest BCUT2D eigenvalue weighted by atomic mass is 16.5. The van der Waals surface area contributed by atoms with Gasteiger partial charge in [0.1, 0.15) is 24.7 Å². The van der Waals surface area contributed by atoms with Crippen molar-refractivity contribution >= 4 is 0 Å². The Hall–Kier alpha value is -1.32. The van der Waals surface area contributed by atoms with E-state index >= 15 is 0 Å². The Balaban J connectivity index is 2.28. The van der Waals surface area contributed by atoms with Crippen molar-refractivity contribution < 1.29 is 13.9 Å². The van der Waals surface area contributed by atoms with Crippen LogP contribution >= 0.6 is 0 Å². The fourth-order valence-corrected chi connectivity index (χ4v) is 1.06. The summed E-state index contributed by atoms with van der Waals surface area (Å²) in [6.07, 6.45) is 3.41. The highest BCUT2D eigenvalue weighted by Gasteiger charge is 2.01. The van der Waals surface area contributed by atoms with Crippen LogP contribution in [0.4, 0.5) is 0 Å². The molecule has 0 atom stereocenters. The summed E-state index contributed by atoms with van der Waals surface area (Å²) in [6, 6.07) is 3.77. The SMILES string of the molecule is C=CCOCc1ccc(COCC=C)o1. The predicted octanol–water partition coefficient (Wildman–Crippen LogP) is 2.68. The third kappa shape index (κ3) is 4.63. The minimum Gasteiger partial charge on any atom is -0.461 e. The van der Waals surface area contributed by atoms with Crippen LogP contribution in [0.5, 0.6) is 0 Å². The van der Waals surface area contributed by atoms with Crippen molar-refractivity contribution in [1.29, 1.82) is 0 Å². The third-order valence-corrected chi connectivity index (χ3v) is 1.68. The first-order valence-electron chi connectivity index (χ1n) is 4.81. The Bertz CT molecular complexity index is 273. The van der Waals surface area contributed by atoms with E-state index in [1.165, 1.54) is 0 Å². The van der Waals surface area contributed by atoms with Gasteiger partial charge < -0.3 is 13.9 Å². The first-order chi connectivity index (χ1) is 7.36. The van der Waals surface area contributed by atoms with Crippen LogP contribution in [0.2, 0.25) is 0 Å². The first kappa shape index (κ1) is 11.8. The summed E-state index contributed by atoms with van der Waals surface area (Å²) >= 11 is 0. The van der Waals surface area contributed by atoms with E-state index in [0.717, 1.165) is 11.5 Å². The van der Waals surface area contributed by atoms with Gasteiger partial charge in [0.15, 0.2) is 0 Å². The summed E-state index contributed by atoms with van der Waals surface area (Å²) in [7, 11) is 0. The van der Waals surface area contributed by atoms with E-state index in [9.17, 15) is 0 Å². The van der Waals surface area contributed by atoms with Crippen molar-refractivity contribution in [2.45, 2.75) is 13.2 Å². The quantitative estimate of drug-likeness (QED) is 0.486. The molecule has 0 spiro atoms. The van der Waals surface area contributed by atoms with Gasteiger partial charge in [-0.15, -0.1) is 13.2 Å². The molecule has 3 heteroatoms.